The van der Waals surface area contributed by atoms with Crippen molar-refractivity contribution in [1.82, 2.24) is 15.1 Å². The molecule has 2 aromatic rings. The number of piperazine rings is 1. The maximum atomic E-state index is 13.2. The topological polar surface area (TPSA) is 111 Å². The highest BCUT2D eigenvalue weighted by atomic mass is 35.5. The van der Waals surface area contributed by atoms with E-state index in [4.69, 9.17) is 21.4 Å². The number of ether oxygens (including phenoxy) is 1. The molecule has 11 heteroatoms. The van der Waals surface area contributed by atoms with Gasteiger partial charge in [-0.1, -0.05) is 23.7 Å². The first kappa shape index (κ1) is 26.2. The summed E-state index contributed by atoms with van der Waals surface area (Å²) in [4.78, 5) is 39.5. The molecule has 1 heterocycles. The maximum absolute atomic E-state index is 13.2. The van der Waals surface area contributed by atoms with Crippen molar-refractivity contribution in [3.8, 4) is 5.75 Å². The zero-order chi connectivity index (χ0) is 25.5. The van der Waals surface area contributed by atoms with E-state index in [0.717, 1.165) is 5.56 Å². The van der Waals surface area contributed by atoms with Gasteiger partial charge in [-0.2, -0.15) is 0 Å². The summed E-state index contributed by atoms with van der Waals surface area (Å²) in [7, 11) is 0. The van der Waals surface area contributed by atoms with E-state index in [1.807, 2.05) is 13.8 Å². The van der Waals surface area contributed by atoms with Crippen molar-refractivity contribution in [3.05, 3.63) is 58.9 Å². The van der Waals surface area contributed by atoms with E-state index < -0.39 is 18.5 Å². The Morgan fingerprint density at radius 3 is 2.51 bits per heavy atom. The molecule has 1 fully saturated rings. The number of hydrogen-bond donors (Lipinski definition) is 3. The molecule has 0 spiro atoms. The number of carboxylic acids is 1. The Hall–Kier alpha value is -3.37. The summed E-state index contributed by atoms with van der Waals surface area (Å²) in [6.45, 7) is 5.00. The lowest BCUT2D eigenvalue weighted by molar-refractivity contribution is -0.139. The molecule has 1 aliphatic heterocycles. The molecule has 0 aromatic heterocycles. The number of aliphatic carboxylic acids is 1. The summed E-state index contributed by atoms with van der Waals surface area (Å²) in [6, 6.07) is 10.2. The summed E-state index contributed by atoms with van der Waals surface area (Å²) >= 11 is 6.05. The maximum Gasteiger partial charge on any atom is 0.323 e. The Balaban J connectivity index is 1.58. The molecule has 2 aromatic carbocycles. The molecular formula is C24H28ClFN4O5. The largest absolute Gasteiger partial charge is 0.482 e. The molecular weight excluding hydrogens is 479 g/mol. The van der Waals surface area contributed by atoms with Crippen LogP contribution in [0, 0.1) is 5.82 Å². The summed E-state index contributed by atoms with van der Waals surface area (Å²) in [5, 5.41) is 13.7. The molecule has 1 saturated heterocycles. The highest BCUT2D eigenvalue weighted by molar-refractivity contribution is 6.30. The first-order valence-electron chi connectivity index (χ1n) is 11.1. The van der Waals surface area contributed by atoms with Gasteiger partial charge in [-0.25, -0.2) is 9.18 Å². The zero-order valence-corrected chi connectivity index (χ0v) is 20.2. The molecule has 0 radical (unpaired) electrons. The van der Waals surface area contributed by atoms with E-state index in [2.05, 4.69) is 15.5 Å². The van der Waals surface area contributed by atoms with Gasteiger partial charge in [0.25, 0.3) is 5.91 Å². The van der Waals surface area contributed by atoms with E-state index in [1.54, 1.807) is 17.0 Å². The standard InChI is InChI=1S/C24H28ClFN4O5/c1-15-12-30(16(2)11-29(15)13-17-3-6-19(26)7-4-17)22(31)14-35-21-9-18(25)5-8-20(21)28-24(34)27-10-23(32)33/h3-9,15-16H,10-14H2,1-2H3,(H,32,33)(H2,27,28,34)/t15-,16+/m0/s1. The van der Waals surface area contributed by atoms with Crippen LogP contribution in [0.5, 0.6) is 5.75 Å². The minimum atomic E-state index is -1.18. The Morgan fingerprint density at radius 1 is 1.11 bits per heavy atom. The minimum absolute atomic E-state index is 0.0681. The van der Waals surface area contributed by atoms with Crippen LogP contribution in [-0.2, 0) is 16.1 Å². The van der Waals surface area contributed by atoms with Crippen molar-refractivity contribution >= 4 is 35.2 Å². The first-order chi connectivity index (χ1) is 16.6. The van der Waals surface area contributed by atoms with E-state index >= 15 is 0 Å². The Morgan fingerprint density at radius 2 is 1.83 bits per heavy atom. The fraction of sp³-hybridized carbons (Fsp3) is 0.375. The van der Waals surface area contributed by atoms with Gasteiger partial charge in [0.15, 0.2) is 6.61 Å². The molecule has 188 valence electrons. The Labute approximate surface area is 207 Å². The molecule has 3 N–H and O–H groups in total. The molecule has 3 rings (SSSR count). The van der Waals surface area contributed by atoms with Crippen molar-refractivity contribution in [2.75, 3.05) is 31.6 Å². The van der Waals surface area contributed by atoms with Gasteiger partial charge in [0.05, 0.1) is 5.69 Å². The molecule has 9 nitrogen and oxygen atoms in total. The summed E-state index contributed by atoms with van der Waals surface area (Å²) < 4.78 is 18.9. The molecule has 35 heavy (non-hydrogen) atoms. The number of amides is 3. The second-order valence-corrected chi connectivity index (χ2v) is 8.87. The average Bonchev–Trinajstić information content (AvgIpc) is 2.81. The van der Waals surface area contributed by atoms with Crippen LogP contribution in [-0.4, -0.2) is 71.1 Å². The third kappa shape index (κ3) is 7.56. The van der Waals surface area contributed by atoms with Crippen LogP contribution in [0.2, 0.25) is 5.02 Å². The predicted octanol–water partition coefficient (Wildman–Crippen LogP) is 3.19. The fourth-order valence-corrected chi connectivity index (χ4v) is 4.02. The third-order valence-electron chi connectivity index (χ3n) is 5.68. The number of halogens is 2. The van der Waals surface area contributed by atoms with Gasteiger partial charge in [-0.3, -0.25) is 14.5 Å². The Kier molecular flexibility index (Phi) is 8.89. The third-order valence-corrected chi connectivity index (χ3v) is 5.91. The molecule has 1 aliphatic rings. The number of urea groups is 1. The van der Waals surface area contributed by atoms with Crippen LogP contribution in [0.3, 0.4) is 0 Å². The Bertz CT molecular complexity index is 1070. The van der Waals surface area contributed by atoms with E-state index in [-0.39, 0.29) is 41.9 Å². The van der Waals surface area contributed by atoms with Crippen molar-refractivity contribution < 1.29 is 28.6 Å². The number of benzene rings is 2. The molecule has 0 saturated carbocycles. The number of rotatable bonds is 8. The highest BCUT2D eigenvalue weighted by Crippen LogP contribution is 2.28. The van der Waals surface area contributed by atoms with Crippen LogP contribution in [0.4, 0.5) is 14.9 Å². The number of hydrogen-bond acceptors (Lipinski definition) is 5. The number of carbonyl (C=O) groups excluding carboxylic acids is 2. The number of carboxylic acid groups (broad SMARTS) is 1. The first-order valence-corrected chi connectivity index (χ1v) is 11.5. The zero-order valence-electron chi connectivity index (χ0n) is 19.5. The fourth-order valence-electron chi connectivity index (χ4n) is 3.85. The number of carbonyl (C=O) groups is 3. The smallest absolute Gasteiger partial charge is 0.323 e. The minimum Gasteiger partial charge on any atom is -0.482 e. The molecule has 2 atom stereocenters. The highest BCUT2D eigenvalue weighted by Gasteiger charge is 2.32. The van der Waals surface area contributed by atoms with Crippen LogP contribution in [0.25, 0.3) is 0 Å². The summed E-state index contributed by atoms with van der Waals surface area (Å²) in [5.41, 5.74) is 1.25. The normalized spacial score (nSPS) is 18.1. The molecule has 0 aliphatic carbocycles. The second kappa shape index (κ2) is 11.9. The van der Waals surface area contributed by atoms with Gasteiger partial charge in [0, 0.05) is 42.8 Å². The predicted molar refractivity (Wildman–Crippen MR) is 129 cm³/mol. The molecule has 0 unspecified atom stereocenters. The van der Waals surface area contributed by atoms with Crippen molar-refractivity contribution in [2.24, 2.45) is 0 Å². The lowest BCUT2D eigenvalue weighted by Crippen LogP contribution is -2.58. The van der Waals surface area contributed by atoms with Gasteiger partial charge >= 0.3 is 12.0 Å². The van der Waals surface area contributed by atoms with Gasteiger partial charge in [0.2, 0.25) is 0 Å². The van der Waals surface area contributed by atoms with E-state index in [1.165, 1.54) is 30.3 Å². The van der Waals surface area contributed by atoms with E-state index in [0.29, 0.717) is 24.7 Å². The number of nitrogens with one attached hydrogen (secondary N) is 2. The van der Waals surface area contributed by atoms with Crippen molar-refractivity contribution in [3.63, 3.8) is 0 Å². The average molecular weight is 507 g/mol. The number of nitrogens with zero attached hydrogens (tertiary/aromatic N) is 2. The summed E-state index contributed by atoms with van der Waals surface area (Å²) in [5.74, 6) is -1.48. The number of anilines is 1. The van der Waals surface area contributed by atoms with Crippen LogP contribution in [0.15, 0.2) is 42.5 Å². The van der Waals surface area contributed by atoms with Crippen LogP contribution < -0.4 is 15.4 Å². The SMILES string of the molecule is C[C@@H]1CN(Cc2ccc(F)cc2)[C@@H](C)CN1C(=O)COc1cc(Cl)ccc1NC(=O)NCC(=O)O. The monoisotopic (exact) mass is 506 g/mol. The summed E-state index contributed by atoms with van der Waals surface area (Å²) in [6.07, 6.45) is 0. The lowest BCUT2D eigenvalue weighted by atomic mass is 10.1. The van der Waals surface area contributed by atoms with Crippen molar-refractivity contribution in [2.45, 2.75) is 32.5 Å². The van der Waals surface area contributed by atoms with Crippen molar-refractivity contribution in [1.29, 1.82) is 0 Å². The quantitative estimate of drug-likeness (QED) is 0.507. The van der Waals surface area contributed by atoms with E-state index in [9.17, 15) is 18.8 Å². The van der Waals surface area contributed by atoms with Gasteiger partial charge < -0.3 is 25.4 Å². The van der Waals surface area contributed by atoms with Gasteiger partial charge in [0.1, 0.15) is 18.1 Å². The second-order valence-electron chi connectivity index (χ2n) is 8.43. The van der Waals surface area contributed by atoms with Gasteiger partial charge in [-0.05, 0) is 43.7 Å². The van der Waals surface area contributed by atoms with Crippen LogP contribution in [0.1, 0.15) is 19.4 Å². The molecule has 0 bridgehead atoms. The van der Waals surface area contributed by atoms with Crippen LogP contribution >= 0.6 is 11.6 Å². The molecule has 3 amide bonds. The lowest BCUT2D eigenvalue weighted by Gasteiger charge is -2.44. The van der Waals surface area contributed by atoms with Gasteiger partial charge in [-0.15, -0.1) is 0 Å².